The third kappa shape index (κ3) is 2.50. The number of rotatable bonds is 4. The van der Waals surface area contributed by atoms with Crippen LogP contribution < -0.4 is 5.32 Å². The van der Waals surface area contributed by atoms with Gasteiger partial charge in [0.05, 0.1) is 11.1 Å². The smallest absolute Gasteiger partial charge is 0.252 e. The summed E-state index contributed by atoms with van der Waals surface area (Å²) in [6.45, 7) is 2.56. The van der Waals surface area contributed by atoms with Crippen molar-refractivity contribution < 1.29 is 4.79 Å². The molecule has 0 bridgehead atoms. The maximum Gasteiger partial charge on any atom is 0.252 e. The molecule has 1 fully saturated rings. The molecule has 0 unspecified atom stereocenters. The highest BCUT2D eigenvalue weighted by Crippen LogP contribution is 2.45. The van der Waals surface area contributed by atoms with Crippen LogP contribution in [0.3, 0.4) is 0 Å². The van der Waals surface area contributed by atoms with E-state index in [1.807, 2.05) is 37.3 Å². The molecule has 0 spiro atoms. The molecule has 20 heavy (non-hydrogen) atoms. The van der Waals surface area contributed by atoms with Gasteiger partial charge in [0.25, 0.3) is 5.91 Å². The number of amides is 1. The molecule has 0 saturated heterocycles. The number of pyridine rings is 1. The fourth-order valence-corrected chi connectivity index (χ4v) is 2.75. The van der Waals surface area contributed by atoms with Crippen molar-refractivity contribution in [3.8, 4) is 0 Å². The van der Waals surface area contributed by atoms with Crippen molar-refractivity contribution in [3.05, 3.63) is 41.6 Å². The van der Waals surface area contributed by atoms with Gasteiger partial charge in [-0.05, 0) is 31.9 Å². The van der Waals surface area contributed by atoms with E-state index in [2.05, 4.69) is 10.3 Å². The van der Waals surface area contributed by atoms with Crippen LogP contribution in [0, 0.1) is 12.3 Å². The maximum absolute atomic E-state index is 12.4. The fraction of sp³-hybridized carbons (Fsp3) is 0.375. The molecule has 2 aromatic rings. The SMILES string of the molecule is Cc1cc(C(=O)NCC2(CCl)CC2)c2ccccc2n1. The molecule has 1 aliphatic rings. The Kier molecular flexibility index (Phi) is 3.38. The second-order valence-electron chi connectivity index (χ2n) is 5.64. The standard InChI is InChI=1S/C16H17ClN2O/c1-11-8-13(12-4-2-3-5-14(12)19-11)15(20)18-10-16(9-17)6-7-16/h2-5,8H,6-7,9-10H2,1H3,(H,18,20). The van der Waals surface area contributed by atoms with Crippen LogP contribution in [0.5, 0.6) is 0 Å². The molecule has 1 N–H and O–H groups in total. The summed E-state index contributed by atoms with van der Waals surface area (Å²) in [6, 6.07) is 9.57. The van der Waals surface area contributed by atoms with Gasteiger partial charge in [-0.1, -0.05) is 18.2 Å². The number of fused-ring (bicyclic) bond motifs is 1. The number of nitrogens with one attached hydrogen (secondary N) is 1. The first-order chi connectivity index (χ1) is 9.63. The minimum atomic E-state index is -0.0388. The van der Waals surface area contributed by atoms with Gasteiger partial charge in [-0.3, -0.25) is 9.78 Å². The second-order valence-corrected chi connectivity index (χ2v) is 5.91. The zero-order valence-electron chi connectivity index (χ0n) is 11.4. The predicted octanol–water partition coefficient (Wildman–Crippen LogP) is 3.29. The summed E-state index contributed by atoms with van der Waals surface area (Å²) < 4.78 is 0. The molecular weight excluding hydrogens is 272 g/mol. The quantitative estimate of drug-likeness (QED) is 0.877. The Morgan fingerprint density at radius 1 is 1.40 bits per heavy atom. The highest BCUT2D eigenvalue weighted by Gasteiger charge is 2.41. The zero-order chi connectivity index (χ0) is 14.2. The number of alkyl halides is 1. The van der Waals surface area contributed by atoms with Gasteiger partial charge in [-0.25, -0.2) is 0 Å². The topological polar surface area (TPSA) is 42.0 Å². The number of aromatic nitrogens is 1. The van der Waals surface area contributed by atoms with Gasteiger partial charge in [0.15, 0.2) is 0 Å². The first-order valence-electron chi connectivity index (χ1n) is 6.84. The van der Waals surface area contributed by atoms with Crippen LogP contribution in [-0.2, 0) is 0 Å². The van der Waals surface area contributed by atoms with Crippen LogP contribution in [-0.4, -0.2) is 23.3 Å². The molecular formula is C16H17ClN2O. The number of benzene rings is 1. The Hall–Kier alpha value is -1.61. The average molecular weight is 289 g/mol. The summed E-state index contributed by atoms with van der Waals surface area (Å²) in [5, 5.41) is 3.92. The van der Waals surface area contributed by atoms with Crippen LogP contribution >= 0.6 is 11.6 Å². The van der Waals surface area contributed by atoms with Crippen molar-refractivity contribution >= 4 is 28.4 Å². The van der Waals surface area contributed by atoms with E-state index in [1.54, 1.807) is 0 Å². The molecule has 104 valence electrons. The van der Waals surface area contributed by atoms with Crippen molar-refractivity contribution in [2.75, 3.05) is 12.4 Å². The Morgan fingerprint density at radius 3 is 2.85 bits per heavy atom. The molecule has 3 nitrogen and oxygen atoms in total. The first kappa shape index (κ1) is 13.4. The van der Waals surface area contributed by atoms with E-state index in [-0.39, 0.29) is 11.3 Å². The third-order valence-electron chi connectivity index (χ3n) is 3.95. The number of hydrogen-bond acceptors (Lipinski definition) is 2. The van der Waals surface area contributed by atoms with Crippen molar-refractivity contribution in [2.24, 2.45) is 5.41 Å². The van der Waals surface area contributed by atoms with Gasteiger partial charge in [0.2, 0.25) is 0 Å². The Balaban J connectivity index is 1.87. The molecule has 1 saturated carbocycles. The molecule has 3 rings (SSSR count). The van der Waals surface area contributed by atoms with Crippen LogP contribution in [0.2, 0.25) is 0 Å². The minimum Gasteiger partial charge on any atom is -0.351 e. The van der Waals surface area contributed by atoms with Gasteiger partial charge in [-0.15, -0.1) is 11.6 Å². The van der Waals surface area contributed by atoms with Gasteiger partial charge < -0.3 is 5.32 Å². The van der Waals surface area contributed by atoms with E-state index < -0.39 is 0 Å². The van der Waals surface area contributed by atoms with Crippen molar-refractivity contribution in [1.29, 1.82) is 0 Å². The van der Waals surface area contributed by atoms with Crippen LogP contribution in [0.1, 0.15) is 28.9 Å². The van der Waals surface area contributed by atoms with E-state index in [4.69, 9.17) is 11.6 Å². The van der Waals surface area contributed by atoms with E-state index in [9.17, 15) is 4.79 Å². The van der Waals surface area contributed by atoms with Crippen LogP contribution in [0.25, 0.3) is 10.9 Å². The molecule has 1 aromatic heterocycles. The Bertz CT molecular complexity index is 665. The molecule has 4 heteroatoms. The number of aryl methyl sites for hydroxylation is 1. The lowest BCUT2D eigenvalue weighted by atomic mass is 10.1. The number of halogens is 1. The normalized spacial score (nSPS) is 16.1. The van der Waals surface area contributed by atoms with Gasteiger partial charge in [0, 0.05) is 28.9 Å². The highest BCUT2D eigenvalue weighted by atomic mass is 35.5. The van der Waals surface area contributed by atoms with Gasteiger partial charge in [0.1, 0.15) is 0 Å². The van der Waals surface area contributed by atoms with Crippen LogP contribution in [0.4, 0.5) is 0 Å². The monoisotopic (exact) mass is 288 g/mol. The lowest BCUT2D eigenvalue weighted by Crippen LogP contribution is -2.31. The van der Waals surface area contributed by atoms with Crippen molar-refractivity contribution in [1.82, 2.24) is 10.3 Å². The lowest BCUT2D eigenvalue weighted by molar-refractivity contribution is 0.0948. The molecule has 1 heterocycles. The maximum atomic E-state index is 12.4. The summed E-state index contributed by atoms with van der Waals surface area (Å²) in [5.74, 6) is 0.576. The molecule has 0 radical (unpaired) electrons. The fourth-order valence-electron chi connectivity index (χ4n) is 2.39. The number of carbonyl (C=O) groups excluding carboxylic acids is 1. The number of carbonyl (C=O) groups is 1. The summed E-state index contributed by atoms with van der Waals surface area (Å²) in [7, 11) is 0. The summed E-state index contributed by atoms with van der Waals surface area (Å²) in [4.78, 5) is 16.9. The largest absolute Gasteiger partial charge is 0.351 e. The zero-order valence-corrected chi connectivity index (χ0v) is 12.2. The Morgan fingerprint density at radius 2 is 2.15 bits per heavy atom. The Labute approximate surface area is 123 Å². The number of nitrogens with zero attached hydrogens (tertiary/aromatic N) is 1. The molecule has 0 atom stereocenters. The summed E-state index contributed by atoms with van der Waals surface area (Å²) in [6.07, 6.45) is 2.21. The van der Waals surface area contributed by atoms with E-state index in [1.165, 1.54) is 0 Å². The van der Waals surface area contributed by atoms with E-state index >= 15 is 0 Å². The molecule has 1 aliphatic carbocycles. The van der Waals surface area contributed by atoms with Crippen molar-refractivity contribution in [2.45, 2.75) is 19.8 Å². The number of hydrogen-bond donors (Lipinski definition) is 1. The average Bonchev–Trinajstić information content (AvgIpc) is 3.24. The van der Waals surface area contributed by atoms with E-state index in [0.717, 1.165) is 29.4 Å². The lowest BCUT2D eigenvalue weighted by Gasteiger charge is -2.13. The minimum absolute atomic E-state index is 0.0388. The predicted molar refractivity (Wildman–Crippen MR) is 81.2 cm³/mol. The van der Waals surface area contributed by atoms with Crippen LogP contribution in [0.15, 0.2) is 30.3 Å². The summed E-state index contributed by atoms with van der Waals surface area (Å²) >= 11 is 5.94. The highest BCUT2D eigenvalue weighted by molar-refractivity contribution is 6.18. The second kappa shape index (κ2) is 5.06. The van der Waals surface area contributed by atoms with Crippen molar-refractivity contribution in [3.63, 3.8) is 0 Å². The molecule has 0 aliphatic heterocycles. The van der Waals surface area contributed by atoms with Gasteiger partial charge >= 0.3 is 0 Å². The first-order valence-corrected chi connectivity index (χ1v) is 7.38. The van der Waals surface area contributed by atoms with Gasteiger partial charge in [-0.2, -0.15) is 0 Å². The number of para-hydroxylation sites is 1. The third-order valence-corrected chi connectivity index (χ3v) is 4.52. The summed E-state index contributed by atoms with van der Waals surface area (Å²) in [5.41, 5.74) is 2.54. The van der Waals surface area contributed by atoms with E-state index in [0.29, 0.717) is 18.0 Å². The molecule has 1 aromatic carbocycles. The molecule has 1 amide bonds.